The number of ketones is 1. The summed E-state index contributed by atoms with van der Waals surface area (Å²) in [6.45, 7) is 0.713. The number of methoxy groups -OCH3 is 1. The van der Waals surface area contributed by atoms with Crippen molar-refractivity contribution in [2.24, 2.45) is 0 Å². The summed E-state index contributed by atoms with van der Waals surface area (Å²) in [5.41, 5.74) is 0. The number of nitrogens with one attached hydrogen (secondary N) is 1. The molecule has 1 saturated heterocycles. The van der Waals surface area contributed by atoms with Crippen LogP contribution in [0.25, 0.3) is 0 Å². The van der Waals surface area contributed by atoms with E-state index in [1.54, 1.807) is 0 Å². The standard InChI is InChI=1S/C9H15NO6/c1-4(12)10-6-8(14)7(13)5(3-11)16-9(6)15-2/h5-6,8-9,11,14H,3H2,1-2H3,(H,10,12)/t5?,6?,8?,9-/m1/s1. The largest absolute Gasteiger partial charge is 0.393 e. The van der Waals surface area contributed by atoms with Crippen LogP contribution in [0.15, 0.2) is 0 Å². The molecule has 0 saturated carbocycles. The average molecular weight is 233 g/mol. The van der Waals surface area contributed by atoms with Crippen LogP contribution in [-0.2, 0) is 19.1 Å². The van der Waals surface area contributed by atoms with Crippen LogP contribution in [-0.4, -0.2) is 60.2 Å². The fourth-order valence-electron chi connectivity index (χ4n) is 1.55. The van der Waals surface area contributed by atoms with E-state index < -0.39 is 42.8 Å². The lowest BCUT2D eigenvalue weighted by atomic mass is 9.99. The Morgan fingerprint density at radius 3 is 2.69 bits per heavy atom. The van der Waals surface area contributed by atoms with Gasteiger partial charge in [0.25, 0.3) is 0 Å². The number of Topliss-reactive ketones (excluding diaryl/α,β-unsaturated/α-hetero) is 1. The second-order valence-corrected chi connectivity index (χ2v) is 3.48. The topological polar surface area (TPSA) is 105 Å². The van der Waals surface area contributed by atoms with E-state index in [2.05, 4.69) is 5.32 Å². The van der Waals surface area contributed by atoms with Gasteiger partial charge in [0.2, 0.25) is 5.91 Å². The molecular formula is C9H15NO6. The van der Waals surface area contributed by atoms with Crippen LogP contribution in [0.2, 0.25) is 0 Å². The lowest BCUT2D eigenvalue weighted by Gasteiger charge is -2.37. The molecule has 0 bridgehead atoms. The van der Waals surface area contributed by atoms with Crippen LogP contribution >= 0.6 is 0 Å². The summed E-state index contributed by atoms with van der Waals surface area (Å²) in [5, 5.41) is 20.9. The van der Waals surface area contributed by atoms with Crippen molar-refractivity contribution < 1.29 is 29.3 Å². The third kappa shape index (κ3) is 2.56. The number of aliphatic hydroxyl groups is 2. The second-order valence-electron chi connectivity index (χ2n) is 3.48. The number of rotatable bonds is 3. The Morgan fingerprint density at radius 1 is 1.62 bits per heavy atom. The van der Waals surface area contributed by atoms with Crippen molar-refractivity contribution >= 4 is 11.7 Å². The maximum absolute atomic E-state index is 11.5. The van der Waals surface area contributed by atoms with Gasteiger partial charge in [0.15, 0.2) is 12.1 Å². The van der Waals surface area contributed by atoms with Crippen molar-refractivity contribution in [3.63, 3.8) is 0 Å². The summed E-state index contributed by atoms with van der Waals surface area (Å²) in [6.07, 6.45) is -3.53. The molecule has 1 fully saturated rings. The molecule has 3 unspecified atom stereocenters. The first-order valence-corrected chi connectivity index (χ1v) is 4.79. The Morgan fingerprint density at radius 2 is 2.25 bits per heavy atom. The predicted octanol–water partition coefficient (Wildman–Crippen LogP) is -2.22. The van der Waals surface area contributed by atoms with Gasteiger partial charge in [0.05, 0.1) is 6.61 Å². The van der Waals surface area contributed by atoms with Crippen LogP contribution in [0.5, 0.6) is 0 Å². The zero-order valence-electron chi connectivity index (χ0n) is 9.04. The minimum absolute atomic E-state index is 0.412. The van der Waals surface area contributed by atoms with Crippen molar-refractivity contribution in [2.75, 3.05) is 13.7 Å². The maximum Gasteiger partial charge on any atom is 0.217 e. The van der Waals surface area contributed by atoms with Crippen LogP contribution in [0.1, 0.15) is 6.92 Å². The first-order chi connectivity index (χ1) is 7.51. The highest BCUT2D eigenvalue weighted by molar-refractivity contribution is 5.89. The van der Waals surface area contributed by atoms with E-state index in [-0.39, 0.29) is 0 Å². The van der Waals surface area contributed by atoms with Gasteiger partial charge >= 0.3 is 0 Å². The van der Waals surface area contributed by atoms with Crippen LogP contribution < -0.4 is 5.32 Å². The van der Waals surface area contributed by atoms with Gasteiger partial charge in [-0.3, -0.25) is 9.59 Å². The van der Waals surface area contributed by atoms with E-state index >= 15 is 0 Å². The Bertz CT molecular complexity index is 281. The molecular weight excluding hydrogens is 218 g/mol. The first-order valence-electron chi connectivity index (χ1n) is 4.79. The van der Waals surface area contributed by atoms with Gasteiger partial charge < -0.3 is 25.0 Å². The number of aliphatic hydroxyl groups excluding tert-OH is 2. The lowest BCUT2D eigenvalue weighted by Crippen LogP contribution is -2.62. The highest BCUT2D eigenvalue weighted by Gasteiger charge is 2.44. The highest BCUT2D eigenvalue weighted by Crippen LogP contribution is 2.18. The number of ether oxygens (including phenoxy) is 2. The molecule has 4 atom stereocenters. The van der Waals surface area contributed by atoms with Gasteiger partial charge in [0.1, 0.15) is 18.2 Å². The molecule has 7 heteroatoms. The zero-order valence-corrected chi connectivity index (χ0v) is 9.04. The summed E-state index contributed by atoms with van der Waals surface area (Å²) in [4.78, 5) is 22.4. The van der Waals surface area contributed by atoms with Crippen molar-refractivity contribution in [3.8, 4) is 0 Å². The number of hydrogen-bond acceptors (Lipinski definition) is 6. The second kappa shape index (κ2) is 5.35. The molecule has 1 amide bonds. The fraction of sp³-hybridized carbons (Fsp3) is 0.778. The molecule has 0 aliphatic carbocycles. The number of hydrogen-bond donors (Lipinski definition) is 3. The van der Waals surface area contributed by atoms with Crippen LogP contribution in [0, 0.1) is 0 Å². The third-order valence-corrected chi connectivity index (χ3v) is 2.31. The van der Waals surface area contributed by atoms with E-state index in [1.165, 1.54) is 14.0 Å². The Labute approximate surface area is 92.3 Å². The van der Waals surface area contributed by atoms with Crippen molar-refractivity contribution in [3.05, 3.63) is 0 Å². The summed E-state index contributed by atoms with van der Waals surface area (Å²) in [5.74, 6) is -1.08. The monoisotopic (exact) mass is 233 g/mol. The van der Waals surface area contributed by atoms with Crippen LogP contribution in [0.4, 0.5) is 0 Å². The normalized spacial score (nSPS) is 34.9. The quantitative estimate of drug-likeness (QED) is 0.510. The third-order valence-electron chi connectivity index (χ3n) is 2.31. The van der Waals surface area contributed by atoms with Crippen molar-refractivity contribution in [1.82, 2.24) is 5.32 Å². The lowest BCUT2D eigenvalue weighted by molar-refractivity contribution is -0.219. The predicted molar refractivity (Wildman–Crippen MR) is 51.4 cm³/mol. The molecule has 3 N–H and O–H groups in total. The molecule has 16 heavy (non-hydrogen) atoms. The molecule has 0 aromatic carbocycles. The summed E-state index contributed by atoms with van der Waals surface area (Å²) in [6, 6.07) is -0.960. The average Bonchev–Trinajstić information content (AvgIpc) is 2.25. The minimum atomic E-state index is -1.44. The highest BCUT2D eigenvalue weighted by atomic mass is 16.7. The van der Waals surface area contributed by atoms with Crippen LogP contribution in [0.3, 0.4) is 0 Å². The summed E-state index contributed by atoms with van der Waals surface area (Å²) < 4.78 is 9.98. The van der Waals surface area contributed by atoms with Crippen molar-refractivity contribution in [1.29, 1.82) is 0 Å². The molecule has 92 valence electrons. The first kappa shape index (κ1) is 13.0. The van der Waals surface area contributed by atoms with Crippen molar-refractivity contribution in [2.45, 2.75) is 31.5 Å². The van der Waals surface area contributed by atoms with Gasteiger partial charge in [-0.2, -0.15) is 0 Å². The maximum atomic E-state index is 11.5. The van der Waals surface area contributed by atoms with E-state index in [9.17, 15) is 14.7 Å². The van der Waals surface area contributed by atoms with Gasteiger partial charge in [-0.25, -0.2) is 0 Å². The molecule has 7 nitrogen and oxygen atoms in total. The molecule has 1 heterocycles. The zero-order chi connectivity index (χ0) is 12.3. The molecule has 0 spiro atoms. The molecule has 0 aromatic rings. The minimum Gasteiger partial charge on any atom is -0.393 e. The summed E-state index contributed by atoms with van der Waals surface area (Å²) >= 11 is 0. The molecule has 1 rings (SSSR count). The van der Waals surface area contributed by atoms with Gasteiger partial charge in [-0.15, -0.1) is 0 Å². The SMILES string of the molecule is CO[C@@H]1OC(CO)C(=O)C(O)C1NC(C)=O. The smallest absolute Gasteiger partial charge is 0.217 e. The molecule has 1 aliphatic rings. The Kier molecular flexibility index (Phi) is 4.36. The van der Waals surface area contributed by atoms with Gasteiger partial charge in [-0.05, 0) is 0 Å². The van der Waals surface area contributed by atoms with E-state index in [1.807, 2.05) is 0 Å². The number of amides is 1. The molecule has 0 radical (unpaired) electrons. The Hall–Kier alpha value is -1.02. The Balaban J connectivity index is 2.81. The fourth-order valence-corrected chi connectivity index (χ4v) is 1.55. The van der Waals surface area contributed by atoms with Gasteiger partial charge in [-0.1, -0.05) is 0 Å². The van der Waals surface area contributed by atoms with E-state index in [0.29, 0.717) is 0 Å². The van der Waals surface area contributed by atoms with E-state index in [0.717, 1.165) is 0 Å². The summed E-state index contributed by atoms with van der Waals surface area (Å²) in [7, 11) is 1.32. The van der Waals surface area contributed by atoms with E-state index in [4.69, 9.17) is 14.6 Å². The number of carbonyl (C=O) groups is 2. The molecule has 0 aromatic heterocycles. The molecule has 1 aliphatic heterocycles. The number of carbonyl (C=O) groups excluding carboxylic acids is 2. The van der Waals surface area contributed by atoms with Gasteiger partial charge in [0, 0.05) is 14.0 Å².